The largest absolute Gasteiger partial charge is 0.497 e. The molecule has 1 amide bonds. The maximum absolute atomic E-state index is 12.5. The van der Waals surface area contributed by atoms with Crippen LogP contribution in [0, 0.1) is 0 Å². The van der Waals surface area contributed by atoms with Crippen LogP contribution in [0.2, 0.25) is 0 Å². The first-order chi connectivity index (χ1) is 11.3. The lowest BCUT2D eigenvalue weighted by Crippen LogP contribution is -2.15. The van der Waals surface area contributed by atoms with Crippen molar-refractivity contribution in [3.8, 4) is 17.1 Å². The minimum atomic E-state index is -0.262. The van der Waals surface area contributed by atoms with E-state index in [-0.39, 0.29) is 5.91 Å². The monoisotopic (exact) mass is 326 g/mol. The summed E-state index contributed by atoms with van der Waals surface area (Å²) in [6.45, 7) is 0. The first-order valence-electron chi connectivity index (χ1n) is 7.27. The third-order valence-electron chi connectivity index (χ3n) is 3.92. The molecule has 1 aliphatic carbocycles. The highest BCUT2D eigenvalue weighted by molar-refractivity contribution is 7.10. The van der Waals surface area contributed by atoms with E-state index >= 15 is 0 Å². The van der Waals surface area contributed by atoms with Gasteiger partial charge >= 0.3 is 0 Å². The van der Waals surface area contributed by atoms with Gasteiger partial charge in [0.05, 0.1) is 7.11 Å². The molecule has 0 radical (unpaired) electrons. The van der Waals surface area contributed by atoms with E-state index < -0.39 is 0 Å². The molecule has 1 aromatic carbocycles. The van der Waals surface area contributed by atoms with Crippen molar-refractivity contribution in [3.05, 3.63) is 51.8 Å². The van der Waals surface area contributed by atoms with Crippen LogP contribution in [0.4, 0.5) is 5.69 Å². The molecule has 0 unspecified atom stereocenters. The SMILES string of the molecule is COc1cccc(NC(=O)c2noc3c2CCc2sccc2-3)c1. The number of nitrogens with one attached hydrogen (secondary N) is 1. The molecule has 0 atom stereocenters. The van der Waals surface area contributed by atoms with Crippen LogP contribution in [0.5, 0.6) is 5.75 Å². The van der Waals surface area contributed by atoms with Crippen molar-refractivity contribution >= 4 is 22.9 Å². The van der Waals surface area contributed by atoms with Crippen LogP contribution in [-0.4, -0.2) is 18.2 Å². The van der Waals surface area contributed by atoms with Crippen LogP contribution in [0.3, 0.4) is 0 Å². The number of aryl methyl sites for hydroxylation is 1. The molecule has 2 heterocycles. The summed E-state index contributed by atoms with van der Waals surface area (Å²) >= 11 is 1.71. The van der Waals surface area contributed by atoms with E-state index in [9.17, 15) is 4.79 Å². The van der Waals surface area contributed by atoms with Gasteiger partial charge in [-0.25, -0.2) is 0 Å². The van der Waals surface area contributed by atoms with Gasteiger partial charge in [0.2, 0.25) is 0 Å². The van der Waals surface area contributed by atoms with Crippen LogP contribution in [0.1, 0.15) is 20.9 Å². The number of methoxy groups -OCH3 is 1. The molecule has 0 fully saturated rings. The number of fused-ring (bicyclic) bond motifs is 3. The second-order valence-corrected chi connectivity index (χ2v) is 6.28. The molecule has 3 aromatic rings. The number of thiophene rings is 1. The van der Waals surface area contributed by atoms with Gasteiger partial charge in [0.25, 0.3) is 5.91 Å². The number of hydrogen-bond donors (Lipinski definition) is 1. The lowest BCUT2D eigenvalue weighted by Gasteiger charge is -2.10. The van der Waals surface area contributed by atoms with Crippen molar-refractivity contribution in [1.82, 2.24) is 5.16 Å². The molecule has 0 spiro atoms. The molecule has 23 heavy (non-hydrogen) atoms. The minimum Gasteiger partial charge on any atom is -0.497 e. The van der Waals surface area contributed by atoms with Gasteiger partial charge in [-0.1, -0.05) is 11.2 Å². The molecule has 116 valence electrons. The summed E-state index contributed by atoms with van der Waals surface area (Å²) in [5.41, 5.74) is 2.97. The average molecular weight is 326 g/mol. The summed E-state index contributed by atoms with van der Waals surface area (Å²) in [6, 6.07) is 9.24. The smallest absolute Gasteiger partial charge is 0.278 e. The fraction of sp³-hybridized carbons (Fsp3) is 0.176. The van der Waals surface area contributed by atoms with Crippen LogP contribution in [-0.2, 0) is 12.8 Å². The Bertz CT molecular complexity index is 882. The van der Waals surface area contributed by atoms with Gasteiger partial charge in [-0.15, -0.1) is 11.3 Å². The highest BCUT2D eigenvalue weighted by atomic mass is 32.1. The van der Waals surface area contributed by atoms with Gasteiger partial charge in [0, 0.05) is 27.8 Å². The topological polar surface area (TPSA) is 64.4 Å². The third-order valence-corrected chi connectivity index (χ3v) is 4.90. The molecule has 6 heteroatoms. The van der Waals surface area contributed by atoms with E-state index in [1.807, 2.05) is 29.6 Å². The number of carbonyl (C=O) groups excluding carboxylic acids is 1. The predicted molar refractivity (Wildman–Crippen MR) is 88.2 cm³/mol. The molecular formula is C17H14N2O3S. The normalized spacial score (nSPS) is 12.4. The quantitative estimate of drug-likeness (QED) is 0.796. The summed E-state index contributed by atoms with van der Waals surface area (Å²) in [7, 11) is 1.59. The van der Waals surface area contributed by atoms with Crippen molar-refractivity contribution in [1.29, 1.82) is 0 Å². The predicted octanol–water partition coefficient (Wildman–Crippen LogP) is 3.76. The zero-order valence-electron chi connectivity index (χ0n) is 12.5. The van der Waals surface area contributed by atoms with Crippen LogP contribution >= 0.6 is 11.3 Å². The number of rotatable bonds is 3. The van der Waals surface area contributed by atoms with Crippen molar-refractivity contribution in [2.75, 3.05) is 12.4 Å². The highest BCUT2D eigenvalue weighted by Gasteiger charge is 2.28. The molecule has 0 bridgehead atoms. The average Bonchev–Trinajstić information content (AvgIpc) is 3.20. The Labute approximate surface area is 136 Å². The fourth-order valence-electron chi connectivity index (χ4n) is 2.80. The first kappa shape index (κ1) is 14.0. The van der Waals surface area contributed by atoms with Crippen molar-refractivity contribution in [3.63, 3.8) is 0 Å². The number of anilines is 1. The molecule has 5 nitrogen and oxygen atoms in total. The second kappa shape index (κ2) is 5.55. The number of hydrogen-bond acceptors (Lipinski definition) is 5. The van der Waals surface area contributed by atoms with E-state index in [1.54, 1.807) is 24.5 Å². The summed E-state index contributed by atoms with van der Waals surface area (Å²) in [5.74, 6) is 1.15. The van der Waals surface area contributed by atoms with E-state index in [1.165, 1.54) is 4.88 Å². The third kappa shape index (κ3) is 2.41. The van der Waals surface area contributed by atoms with Gasteiger partial charge in [0.1, 0.15) is 5.75 Å². The molecule has 0 aliphatic heterocycles. The van der Waals surface area contributed by atoms with Gasteiger partial charge < -0.3 is 14.6 Å². The van der Waals surface area contributed by atoms with Crippen molar-refractivity contribution < 1.29 is 14.1 Å². The molecule has 0 saturated carbocycles. The van der Waals surface area contributed by atoms with E-state index in [2.05, 4.69) is 10.5 Å². The lowest BCUT2D eigenvalue weighted by molar-refractivity contribution is 0.101. The van der Waals surface area contributed by atoms with Gasteiger partial charge in [-0.05, 0) is 36.4 Å². The van der Waals surface area contributed by atoms with Gasteiger partial charge in [-0.2, -0.15) is 0 Å². The summed E-state index contributed by atoms with van der Waals surface area (Å²) in [6.07, 6.45) is 1.69. The fourth-order valence-corrected chi connectivity index (χ4v) is 3.67. The molecular weight excluding hydrogens is 312 g/mol. The Morgan fingerprint density at radius 1 is 1.35 bits per heavy atom. The maximum atomic E-state index is 12.5. The van der Waals surface area contributed by atoms with Crippen LogP contribution < -0.4 is 10.1 Å². The van der Waals surface area contributed by atoms with E-state index in [0.29, 0.717) is 17.1 Å². The molecule has 1 aliphatic rings. The Morgan fingerprint density at radius 2 is 2.26 bits per heavy atom. The van der Waals surface area contributed by atoms with E-state index in [4.69, 9.17) is 9.26 Å². The number of aromatic nitrogens is 1. The number of ether oxygens (including phenoxy) is 1. The number of nitrogens with zero attached hydrogens (tertiary/aromatic N) is 1. The second-order valence-electron chi connectivity index (χ2n) is 5.28. The summed E-state index contributed by atoms with van der Waals surface area (Å²) < 4.78 is 10.6. The maximum Gasteiger partial charge on any atom is 0.278 e. The van der Waals surface area contributed by atoms with Crippen LogP contribution in [0.15, 0.2) is 40.2 Å². The van der Waals surface area contributed by atoms with Crippen LogP contribution in [0.25, 0.3) is 11.3 Å². The minimum absolute atomic E-state index is 0.262. The highest BCUT2D eigenvalue weighted by Crippen LogP contribution is 2.38. The zero-order chi connectivity index (χ0) is 15.8. The van der Waals surface area contributed by atoms with Gasteiger partial charge in [0.15, 0.2) is 11.5 Å². The van der Waals surface area contributed by atoms with Crippen molar-refractivity contribution in [2.24, 2.45) is 0 Å². The Kier molecular flexibility index (Phi) is 3.38. The first-order valence-corrected chi connectivity index (χ1v) is 8.15. The molecule has 0 saturated heterocycles. The standard InChI is InChI=1S/C17H14N2O3S/c1-21-11-4-2-3-10(9-11)18-17(20)15-13-5-6-14-12(7-8-23-14)16(13)22-19-15/h2-4,7-9H,5-6H2,1H3,(H,18,20). The van der Waals surface area contributed by atoms with Crippen molar-refractivity contribution in [2.45, 2.75) is 12.8 Å². The van der Waals surface area contributed by atoms with Gasteiger partial charge in [-0.3, -0.25) is 4.79 Å². The molecule has 4 rings (SSSR count). The summed E-state index contributed by atoms with van der Waals surface area (Å²) in [4.78, 5) is 13.8. The van der Waals surface area contributed by atoms with E-state index in [0.717, 1.165) is 29.7 Å². The number of benzene rings is 1. The molecule has 1 N–H and O–H groups in total. The lowest BCUT2D eigenvalue weighted by atomic mass is 9.95. The number of carbonyl (C=O) groups is 1. The summed E-state index contributed by atoms with van der Waals surface area (Å²) in [5, 5.41) is 8.89. The Balaban J connectivity index is 1.63. The zero-order valence-corrected chi connectivity index (χ0v) is 13.3. The molecule has 2 aromatic heterocycles. The Hall–Kier alpha value is -2.60. The Morgan fingerprint density at radius 3 is 3.13 bits per heavy atom. The number of amides is 1.